The van der Waals surface area contributed by atoms with Crippen LogP contribution in [0.15, 0.2) is 18.2 Å². The molecule has 1 N–H and O–H groups in total. The Hall–Kier alpha value is -1.22. The Bertz CT molecular complexity index is 426. The molecule has 1 aromatic carbocycles. The fraction of sp³-hybridized carbons (Fsp3) is 0.538. The SMILES string of the molecule is CN1CCN(C)c2cc(C3(O)CC3)ccc21. The first kappa shape index (κ1) is 9.97. The van der Waals surface area contributed by atoms with Gasteiger partial charge >= 0.3 is 0 Å². The molecule has 16 heavy (non-hydrogen) atoms. The van der Waals surface area contributed by atoms with Crippen molar-refractivity contribution in [2.45, 2.75) is 18.4 Å². The molecular formula is C13H18N2O. The number of benzene rings is 1. The maximum absolute atomic E-state index is 10.1. The van der Waals surface area contributed by atoms with E-state index in [2.05, 4.69) is 42.1 Å². The molecule has 0 saturated heterocycles. The summed E-state index contributed by atoms with van der Waals surface area (Å²) in [5.74, 6) is 0. The van der Waals surface area contributed by atoms with Crippen LogP contribution in [0.4, 0.5) is 11.4 Å². The molecule has 0 spiro atoms. The lowest BCUT2D eigenvalue weighted by Crippen LogP contribution is -2.36. The lowest BCUT2D eigenvalue weighted by molar-refractivity contribution is 0.151. The second-order valence-corrected chi connectivity index (χ2v) is 5.08. The molecule has 1 heterocycles. The molecule has 1 fully saturated rings. The van der Waals surface area contributed by atoms with Crippen LogP contribution in [0.3, 0.4) is 0 Å². The summed E-state index contributed by atoms with van der Waals surface area (Å²) in [6.07, 6.45) is 1.82. The Balaban J connectivity index is 2.06. The predicted molar refractivity (Wildman–Crippen MR) is 66.1 cm³/mol. The number of aliphatic hydroxyl groups is 1. The molecule has 1 aromatic rings. The van der Waals surface area contributed by atoms with Gasteiger partial charge in [-0.25, -0.2) is 0 Å². The first-order valence-corrected chi connectivity index (χ1v) is 5.89. The molecule has 1 aliphatic carbocycles. The highest BCUT2D eigenvalue weighted by Crippen LogP contribution is 2.47. The Labute approximate surface area is 96.3 Å². The van der Waals surface area contributed by atoms with Crippen molar-refractivity contribution in [2.75, 3.05) is 37.0 Å². The standard InChI is InChI=1S/C13H18N2O/c1-14-7-8-15(2)12-9-10(3-4-11(12)14)13(16)5-6-13/h3-4,9,16H,5-8H2,1-2H3. The molecule has 1 aliphatic heterocycles. The first-order chi connectivity index (χ1) is 7.60. The van der Waals surface area contributed by atoms with E-state index in [1.807, 2.05) is 0 Å². The second-order valence-electron chi connectivity index (χ2n) is 5.08. The van der Waals surface area contributed by atoms with Gasteiger partial charge in [0.25, 0.3) is 0 Å². The van der Waals surface area contributed by atoms with Gasteiger partial charge in [0.1, 0.15) is 0 Å². The Morgan fingerprint density at radius 3 is 2.31 bits per heavy atom. The van der Waals surface area contributed by atoms with Crippen molar-refractivity contribution in [1.29, 1.82) is 0 Å². The average Bonchev–Trinajstić information content (AvgIpc) is 3.03. The molecular weight excluding hydrogens is 200 g/mol. The number of hydrogen-bond acceptors (Lipinski definition) is 3. The molecule has 1 saturated carbocycles. The first-order valence-electron chi connectivity index (χ1n) is 5.89. The highest BCUT2D eigenvalue weighted by molar-refractivity contribution is 5.74. The summed E-state index contributed by atoms with van der Waals surface area (Å²) in [5, 5.41) is 10.1. The van der Waals surface area contributed by atoms with E-state index in [-0.39, 0.29) is 0 Å². The van der Waals surface area contributed by atoms with E-state index in [1.165, 1.54) is 11.4 Å². The van der Waals surface area contributed by atoms with E-state index >= 15 is 0 Å². The number of nitrogens with zero attached hydrogens (tertiary/aromatic N) is 2. The summed E-state index contributed by atoms with van der Waals surface area (Å²) >= 11 is 0. The van der Waals surface area contributed by atoms with Crippen molar-refractivity contribution >= 4 is 11.4 Å². The third-order valence-electron chi connectivity index (χ3n) is 3.83. The number of likely N-dealkylation sites (N-methyl/N-ethyl adjacent to an activating group) is 2. The molecule has 3 rings (SSSR count). The molecule has 0 bridgehead atoms. The van der Waals surface area contributed by atoms with E-state index < -0.39 is 5.60 Å². The van der Waals surface area contributed by atoms with Crippen LogP contribution in [0.1, 0.15) is 18.4 Å². The topological polar surface area (TPSA) is 26.7 Å². The van der Waals surface area contributed by atoms with Gasteiger partial charge in [-0.1, -0.05) is 6.07 Å². The third kappa shape index (κ3) is 1.39. The maximum atomic E-state index is 10.1. The van der Waals surface area contributed by atoms with E-state index in [0.717, 1.165) is 31.5 Å². The van der Waals surface area contributed by atoms with Crippen LogP contribution < -0.4 is 9.80 Å². The quantitative estimate of drug-likeness (QED) is 0.775. The minimum Gasteiger partial charge on any atom is -0.385 e. The van der Waals surface area contributed by atoms with Crippen LogP contribution >= 0.6 is 0 Å². The Morgan fingerprint density at radius 1 is 1.06 bits per heavy atom. The van der Waals surface area contributed by atoms with E-state index in [4.69, 9.17) is 0 Å². The lowest BCUT2D eigenvalue weighted by atomic mass is 10.0. The molecule has 86 valence electrons. The average molecular weight is 218 g/mol. The zero-order chi connectivity index (χ0) is 11.3. The highest BCUT2D eigenvalue weighted by Gasteiger charge is 2.42. The van der Waals surface area contributed by atoms with Gasteiger partial charge in [0.2, 0.25) is 0 Å². The fourth-order valence-electron chi connectivity index (χ4n) is 2.39. The van der Waals surface area contributed by atoms with Crippen molar-refractivity contribution in [3.8, 4) is 0 Å². The molecule has 2 aliphatic rings. The van der Waals surface area contributed by atoms with Crippen molar-refractivity contribution in [3.05, 3.63) is 23.8 Å². The van der Waals surface area contributed by atoms with Crippen LogP contribution in [-0.4, -0.2) is 32.3 Å². The Morgan fingerprint density at radius 2 is 1.69 bits per heavy atom. The molecule has 0 aromatic heterocycles. The normalized spacial score (nSPS) is 21.9. The molecule has 0 amide bonds. The summed E-state index contributed by atoms with van der Waals surface area (Å²) in [4.78, 5) is 4.54. The number of hydrogen-bond donors (Lipinski definition) is 1. The van der Waals surface area contributed by atoms with Crippen molar-refractivity contribution in [2.24, 2.45) is 0 Å². The predicted octanol–water partition coefficient (Wildman–Crippen LogP) is 1.55. The molecule has 0 atom stereocenters. The fourth-order valence-corrected chi connectivity index (χ4v) is 2.39. The molecule has 0 radical (unpaired) electrons. The van der Waals surface area contributed by atoms with E-state index in [1.54, 1.807) is 0 Å². The lowest BCUT2D eigenvalue weighted by Gasteiger charge is -2.35. The summed E-state index contributed by atoms with van der Waals surface area (Å²) < 4.78 is 0. The minimum atomic E-state index is -0.522. The Kier molecular flexibility index (Phi) is 1.96. The maximum Gasteiger partial charge on any atom is 0.0899 e. The highest BCUT2D eigenvalue weighted by atomic mass is 16.3. The smallest absolute Gasteiger partial charge is 0.0899 e. The van der Waals surface area contributed by atoms with Gasteiger partial charge < -0.3 is 14.9 Å². The number of rotatable bonds is 1. The van der Waals surface area contributed by atoms with Gasteiger partial charge in [-0.05, 0) is 30.5 Å². The summed E-state index contributed by atoms with van der Waals surface area (Å²) in [7, 11) is 4.24. The molecule has 3 nitrogen and oxygen atoms in total. The van der Waals surface area contributed by atoms with Gasteiger partial charge in [0, 0.05) is 27.2 Å². The van der Waals surface area contributed by atoms with Crippen LogP contribution in [0.2, 0.25) is 0 Å². The zero-order valence-electron chi connectivity index (χ0n) is 9.90. The minimum absolute atomic E-state index is 0.522. The largest absolute Gasteiger partial charge is 0.385 e. The van der Waals surface area contributed by atoms with Crippen molar-refractivity contribution in [1.82, 2.24) is 0 Å². The van der Waals surface area contributed by atoms with Gasteiger partial charge in [-0.15, -0.1) is 0 Å². The van der Waals surface area contributed by atoms with Crippen LogP contribution in [0.25, 0.3) is 0 Å². The van der Waals surface area contributed by atoms with Crippen molar-refractivity contribution in [3.63, 3.8) is 0 Å². The van der Waals surface area contributed by atoms with Crippen LogP contribution in [0.5, 0.6) is 0 Å². The second kappa shape index (κ2) is 3.14. The monoisotopic (exact) mass is 218 g/mol. The van der Waals surface area contributed by atoms with E-state index in [9.17, 15) is 5.11 Å². The third-order valence-corrected chi connectivity index (χ3v) is 3.83. The van der Waals surface area contributed by atoms with Gasteiger partial charge in [0.05, 0.1) is 17.0 Å². The van der Waals surface area contributed by atoms with Gasteiger partial charge in [-0.2, -0.15) is 0 Å². The summed E-state index contributed by atoms with van der Waals surface area (Å²) in [6, 6.07) is 6.36. The van der Waals surface area contributed by atoms with Crippen molar-refractivity contribution < 1.29 is 5.11 Å². The number of fused-ring (bicyclic) bond motifs is 1. The summed E-state index contributed by atoms with van der Waals surface area (Å²) in [6.45, 7) is 2.11. The molecule has 0 unspecified atom stereocenters. The van der Waals surface area contributed by atoms with E-state index in [0.29, 0.717) is 0 Å². The number of anilines is 2. The zero-order valence-corrected chi connectivity index (χ0v) is 9.90. The molecule has 3 heteroatoms. The summed E-state index contributed by atoms with van der Waals surface area (Å²) in [5.41, 5.74) is 3.06. The van der Waals surface area contributed by atoms with Crippen LogP contribution in [-0.2, 0) is 5.60 Å². The van der Waals surface area contributed by atoms with Crippen LogP contribution in [0, 0.1) is 0 Å². The van der Waals surface area contributed by atoms with Gasteiger partial charge in [0.15, 0.2) is 0 Å². The van der Waals surface area contributed by atoms with Gasteiger partial charge in [-0.3, -0.25) is 0 Å².